The molecule has 0 aromatic heterocycles. The maximum absolute atomic E-state index is 15.2. The summed E-state index contributed by atoms with van der Waals surface area (Å²) in [6.07, 6.45) is 5.04. The third-order valence-electron chi connectivity index (χ3n) is 7.55. The largest absolute Gasteiger partial charge is 0.497 e. The molecule has 38 heavy (non-hydrogen) atoms. The van der Waals surface area contributed by atoms with Crippen LogP contribution in [-0.4, -0.2) is 7.11 Å². The highest BCUT2D eigenvalue weighted by Gasteiger charge is 2.39. The quantitative estimate of drug-likeness (QED) is 0.232. The molecular weight excluding hydrogens is 471 g/mol. The van der Waals surface area contributed by atoms with Crippen LogP contribution in [-0.2, 0) is 12.0 Å². The molecule has 2 nitrogen and oxygen atoms in total. The number of methoxy groups -OCH3 is 1. The third kappa shape index (κ3) is 4.24. The molecule has 1 aliphatic rings. The van der Waals surface area contributed by atoms with E-state index in [0.29, 0.717) is 11.5 Å². The highest BCUT2D eigenvalue weighted by molar-refractivity contribution is 5.94. The van der Waals surface area contributed by atoms with Crippen LogP contribution in [0.2, 0.25) is 0 Å². The van der Waals surface area contributed by atoms with Gasteiger partial charge in [-0.2, -0.15) is 0 Å². The van der Waals surface area contributed by atoms with Gasteiger partial charge >= 0.3 is 0 Å². The van der Waals surface area contributed by atoms with Crippen molar-refractivity contribution in [1.82, 2.24) is 0 Å². The van der Waals surface area contributed by atoms with Gasteiger partial charge in [0.15, 0.2) is 5.60 Å². The number of hydrogen-bond acceptors (Lipinski definition) is 2. The Morgan fingerprint density at radius 1 is 0.842 bits per heavy atom. The normalized spacial score (nSPS) is 17.0. The second kappa shape index (κ2) is 9.83. The molecule has 0 fully saturated rings. The maximum Gasteiger partial charge on any atom is 0.180 e. The summed E-state index contributed by atoms with van der Waals surface area (Å²) in [6.45, 7) is 2.27. The molecule has 188 valence electrons. The molecule has 1 heterocycles. The fraction of sp³-hybridized carbons (Fsp3) is 0.143. The van der Waals surface area contributed by atoms with E-state index in [1.54, 1.807) is 19.2 Å². The summed E-state index contributed by atoms with van der Waals surface area (Å²) in [5.74, 6) is 1.55. The van der Waals surface area contributed by atoms with E-state index in [1.807, 2.05) is 42.5 Å². The Kier molecular flexibility index (Phi) is 6.21. The van der Waals surface area contributed by atoms with Crippen LogP contribution in [0.25, 0.3) is 16.8 Å². The number of hydrogen-bond donors (Lipinski definition) is 0. The van der Waals surface area contributed by atoms with Gasteiger partial charge in [-0.3, -0.25) is 0 Å². The van der Waals surface area contributed by atoms with Gasteiger partial charge in [0.05, 0.1) is 7.11 Å². The molecule has 0 saturated heterocycles. The predicted molar refractivity (Wildman–Crippen MR) is 152 cm³/mol. The maximum atomic E-state index is 15.2. The molecule has 0 N–H and O–H groups in total. The first kappa shape index (κ1) is 24.0. The van der Waals surface area contributed by atoms with Gasteiger partial charge in [-0.15, -0.1) is 0 Å². The summed E-state index contributed by atoms with van der Waals surface area (Å²) in [5, 5.41) is 2.28. The Labute approximate surface area is 223 Å². The Hall–Kier alpha value is -4.37. The molecule has 0 amide bonds. The van der Waals surface area contributed by atoms with E-state index in [-0.39, 0.29) is 5.82 Å². The first-order chi connectivity index (χ1) is 18.6. The zero-order chi connectivity index (χ0) is 26.1. The third-order valence-corrected chi connectivity index (χ3v) is 7.55. The minimum absolute atomic E-state index is 0.311. The van der Waals surface area contributed by atoms with Crippen molar-refractivity contribution in [3.8, 4) is 11.5 Å². The molecule has 2 atom stereocenters. The number of rotatable bonds is 6. The highest BCUT2D eigenvalue weighted by Crippen LogP contribution is 2.45. The number of ether oxygens (including phenoxy) is 2. The first-order valence-electron chi connectivity index (χ1n) is 13.0. The van der Waals surface area contributed by atoms with Gasteiger partial charge in [0.1, 0.15) is 17.3 Å². The summed E-state index contributed by atoms with van der Waals surface area (Å²) >= 11 is 0. The van der Waals surface area contributed by atoms with Crippen molar-refractivity contribution in [3.63, 3.8) is 0 Å². The van der Waals surface area contributed by atoms with Crippen LogP contribution in [0.4, 0.5) is 4.39 Å². The van der Waals surface area contributed by atoms with Crippen LogP contribution in [0.3, 0.4) is 0 Å². The Balaban J connectivity index is 1.40. The van der Waals surface area contributed by atoms with E-state index in [0.717, 1.165) is 39.8 Å². The van der Waals surface area contributed by atoms with E-state index in [4.69, 9.17) is 9.47 Å². The van der Waals surface area contributed by atoms with E-state index in [2.05, 4.69) is 67.6 Å². The van der Waals surface area contributed by atoms with Crippen molar-refractivity contribution >= 4 is 16.8 Å². The van der Waals surface area contributed by atoms with Gasteiger partial charge in [-0.1, -0.05) is 91.9 Å². The fourth-order valence-electron chi connectivity index (χ4n) is 5.47. The minimum Gasteiger partial charge on any atom is -0.497 e. The second-order valence-electron chi connectivity index (χ2n) is 9.93. The van der Waals surface area contributed by atoms with E-state index in [9.17, 15) is 0 Å². The zero-order valence-electron chi connectivity index (χ0n) is 21.5. The van der Waals surface area contributed by atoms with Gasteiger partial charge in [0.25, 0.3) is 0 Å². The molecule has 3 heteroatoms. The summed E-state index contributed by atoms with van der Waals surface area (Å²) in [7, 11) is 1.63. The van der Waals surface area contributed by atoms with Crippen molar-refractivity contribution in [2.45, 2.75) is 24.9 Å². The lowest BCUT2D eigenvalue weighted by atomic mass is 9.82. The molecule has 5 aromatic rings. The summed E-state index contributed by atoms with van der Waals surface area (Å²) in [5.41, 5.74) is 3.85. The van der Waals surface area contributed by atoms with E-state index < -0.39 is 5.60 Å². The van der Waals surface area contributed by atoms with Crippen LogP contribution in [0.5, 0.6) is 11.5 Å². The molecule has 0 bridgehead atoms. The van der Waals surface area contributed by atoms with E-state index in [1.165, 1.54) is 17.2 Å². The smallest absolute Gasteiger partial charge is 0.180 e. The van der Waals surface area contributed by atoms with Gasteiger partial charge in [-0.25, -0.2) is 4.39 Å². The Bertz CT molecular complexity index is 1620. The molecule has 0 spiro atoms. The van der Waals surface area contributed by atoms with Gasteiger partial charge in [0, 0.05) is 16.7 Å². The molecule has 2 unspecified atom stereocenters. The van der Waals surface area contributed by atoms with Crippen LogP contribution in [0.1, 0.15) is 40.7 Å². The SMILES string of the molecule is COc1ccc(C2(c3ccccc3F)C=Cc3c(ccc4cc(C(C)Cc5ccccc5)ccc34)O2)cc1. The first-order valence-corrected chi connectivity index (χ1v) is 13.0. The lowest BCUT2D eigenvalue weighted by molar-refractivity contribution is 0.156. The van der Waals surface area contributed by atoms with Gasteiger partial charge in [-0.05, 0) is 70.7 Å². The van der Waals surface area contributed by atoms with Gasteiger partial charge in [0.2, 0.25) is 0 Å². The average Bonchev–Trinajstić information content (AvgIpc) is 2.97. The molecule has 0 aliphatic carbocycles. The standard InChI is InChI=1S/C35H29FO2/c1-24(22-25-8-4-3-5-9-25)26-12-18-30-27(23-26)13-19-34-31(30)20-21-35(38-34,32-10-6-7-11-33(32)36)28-14-16-29(37-2)17-15-28/h3-21,23-24H,22H2,1-2H3. The van der Waals surface area contributed by atoms with Crippen LogP contribution in [0.15, 0.2) is 115 Å². The minimum atomic E-state index is -1.09. The van der Waals surface area contributed by atoms with Crippen molar-refractivity contribution < 1.29 is 13.9 Å². The molecule has 0 radical (unpaired) electrons. The topological polar surface area (TPSA) is 18.5 Å². The highest BCUT2D eigenvalue weighted by atomic mass is 19.1. The number of benzene rings is 5. The van der Waals surface area contributed by atoms with Crippen molar-refractivity contribution in [3.05, 3.63) is 149 Å². The van der Waals surface area contributed by atoms with Crippen molar-refractivity contribution in [2.75, 3.05) is 7.11 Å². The summed E-state index contributed by atoms with van der Waals surface area (Å²) in [6, 6.07) is 35.8. The predicted octanol–water partition coefficient (Wildman–Crippen LogP) is 8.68. The monoisotopic (exact) mass is 500 g/mol. The molecular formula is C35H29FO2. The number of fused-ring (bicyclic) bond motifs is 3. The summed E-state index contributed by atoms with van der Waals surface area (Å²) < 4.78 is 27.3. The lowest BCUT2D eigenvalue weighted by Crippen LogP contribution is -2.35. The number of halogens is 1. The van der Waals surface area contributed by atoms with Crippen molar-refractivity contribution in [2.24, 2.45) is 0 Å². The van der Waals surface area contributed by atoms with Crippen LogP contribution >= 0.6 is 0 Å². The molecule has 6 rings (SSSR count). The Morgan fingerprint density at radius 2 is 1.61 bits per heavy atom. The second-order valence-corrected chi connectivity index (χ2v) is 9.93. The fourth-order valence-corrected chi connectivity index (χ4v) is 5.47. The summed E-state index contributed by atoms with van der Waals surface area (Å²) in [4.78, 5) is 0. The van der Waals surface area contributed by atoms with Crippen molar-refractivity contribution in [1.29, 1.82) is 0 Å². The zero-order valence-corrected chi connectivity index (χ0v) is 21.5. The Morgan fingerprint density at radius 3 is 2.37 bits per heavy atom. The van der Waals surface area contributed by atoms with E-state index >= 15 is 4.39 Å². The van der Waals surface area contributed by atoms with Crippen LogP contribution in [0, 0.1) is 5.82 Å². The molecule has 0 saturated carbocycles. The van der Waals surface area contributed by atoms with Gasteiger partial charge < -0.3 is 9.47 Å². The average molecular weight is 501 g/mol. The molecule has 5 aromatic carbocycles. The van der Waals surface area contributed by atoms with Crippen LogP contribution < -0.4 is 9.47 Å². The molecule has 1 aliphatic heterocycles. The lowest BCUT2D eigenvalue weighted by Gasteiger charge is -2.36.